The number of carbonyl (C=O) groups excluding carboxylic acids is 2. The van der Waals surface area contributed by atoms with Crippen LogP contribution < -0.4 is 16.8 Å². The van der Waals surface area contributed by atoms with Crippen molar-refractivity contribution in [3.05, 3.63) is 36.0 Å². The minimum absolute atomic E-state index is 0.199. The van der Waals surface area contributed by atoms with Crippen LogP contribution in [-0.2, 0) is 9.16 Å². The number of urea groups is 1. The van der Waals surface area contributed by atoms with Gasteiger partial charge in [0.1, 0.15) is 23.3 Å². The van der Waals surface area contributed by atoms with Crippen LogP contribution in [0.5, 0.6) is 0 Å². The summed E-state index contributed by atoms with van der Waals surface area (Å²) in [4.78, 5) is 30.4. The predicted octanol–water partition coefficient (Wildman–Crippen LogP) is 1.90. The predicted molar refractivity (Wildman–Crippen MR) is 153 cm³/mol. The van der Waals surface area contributed by atoms with Gasteiger partial charge in [-0.25, -0.2) is 9.59 Å². The highest BCUT2D eigenvalue weighted by molar-refractivity contribution is 6.74. The van der Waals surface area contributed by atoms with E-state index in [0.29, 0.717) is 5.39 Å². The largest absolute Gasteiger partial charge is 0.459 e. The van der Waals surface area contributed by atoms with E-state index in [0.717, 1.165) is 5.52 Å². The van der Waals surface area contributed by atoms with Crippen LogP contribution in [0.25, 0.3) is 10.9 Å². The lowest BCUT2D eigenvalue weighted by Gasteiger charge is -2.52. The first-order valence-corrected chi connectivity index (χ1v) is 16.0. The number of aromatic amines is 1. The fourth-order valence-electron chi connectivity index (χ4n) is 5.29. The van der Waals surface area contributed by atoms with E-state index < -0.39 is 61.9 Å². The van der Waals surface area contributed by atoms with Gasteiger partial charge in [0.2, 0.25) is 0 Å². The normalized spacial score (nSPS) is 30.3. The SMILES string of the molecule is C[C@H](O[Si](C)(C)C(C)(C)C)[C@]1(NC(=O)N(C)C)[C@@H](N)[C@H](N)[C@](O)(COC(=O)c2c[nH]c3ccccc23)[C@]1(C)O. The zero-order valence-corrected chi connectivity index (χ0v) is 25.5. The van der Waals surface area contributed by atoms with Gasteiger partial charge < -0.3 is 46.0 Å². The summed E-state index contributed by atoms with van der Waals surface area (Å²) in [7, 11) is 0.634. The molecular weight excluding hydrogens is 518 g/mol. The van der Waals surface area contributed by atoms with E-state index in [9.17, 15) is 19.8 Å². The zero-order valence-electron chi connectivity index (χ0n) is 24.5. The first kappa shape index (κ1) is 31.0. The molecular formula is C27H45N5O6Si. The van der Waals surface area contributed by atoms with Gasteiger partial charge in [-0.3, -0.25) is 0 Å². The number of esters is 1. The molecule has 1 aliphatic rings. The second-order valence-corrected chi connectivity index (χ2v) is 17.3. The maximum absolute atomic E-state index is 13.1. The molecule has 1 aromatic heterocycles. The summed E-state index contributed by atoms with van der Waals surface area (Å²) >= 11 is 0. The molecule has 0 bridgehead atoms. The van der Waals surface area contributed by atoms with Gasteiger partial charge in [0, 0.05) is 31.2 Å². The number of nitrogens with zero attached hydrogens (tertiary/aromatic N) is 1. The van der Waals surface area contributed by atoms with Crippen LogP contribution in [-0.4, -0.2) is 96.0 Å². The minimum atomic E-state index is -2.46. The number of rotatable bonds is 7. The summed E-state index contributed by atoms with van der Waals surface area (Å²) in [6.07, 6.45) is 0.642. The first-order valence-electron chi connectivity index (χ1n) is 13.1. The maximum Gasteiger partial charge on any atom is 0.340 e. The van der Waals surface area contributed by atoms with Crippen LogP contribution in [0.1, 0.15) is 45.0 Å². The Balaban J connectivity index is 2.02. The number of ether oxygens (including phenoxy) is 1. The molecule has 1 aliphatic carbocycles. The van der Waals surface area contributed by atoms with E-state index in [1.807, 2.05) is 25.2 Å². The Labute approximate surface area is 231 Å². The molecule has 0 saturated heterocycles. The summed E-state index contributed by atoms with van der Waals surface area (Å²) in [5.41, 5.74) is 8.02. The number of nitrogens with two attached hydrogens (primary N) is 2. The van der Waals surface area contributed by atoms with E-state index in [4.69, 9.17) is 20.6 Å². The van der Waals surface area contributed by atoms with Gasteiger partial charge >= 0.3 is 12.0 Å². The summed E-state index contributed by atoms with van der Waals surface area (Å²) in [5, 5.41) is 27.4. The first-order chi connectivity index (χ1) is 17.7. The van der Waals surface area contributed by atoms with E-state index in [1.165, 1.54) is 18.0 Å². The maximum atomic E-state index is 13.1. The number of amides is 2. The molecule has 1 saturated carbocycles. The number of para-hydroxylation sites is 1. The molecule has 12 heteroatoms. The van der Waals surface area contributed by atoms with Crippen LogP contribution in [0.4, 0.5) is 4.79 Å². The van der Waals surface area contributed by atoms with Gasteiger partial charge in [-0.1, -0.05) is 39.0 Å². The van der Waals surface area contributed by atoms with E-state index in [2.05, 4.69) is 31.1 Å². The summed E-state index contributed by atoms with van der Waals surface area (Å²) in [6, 6.07) is 4.20. The van der Waals surface area contributed by atoms with Crippen LogP contribution >= 0.6 is 0 Å². The highest BCUT2D eigenvalue weighted by Crippen LogP contribution is 2.50. The molecule has 1 fully saturated rings. The topological polar surface area (TPSA) is 176 Å². The number of benzene rings is 1. The molecule has 0 spiro atoms. The molecule has 2 amide bonds. The number of carbonyl (C=O) groups is 2. The molecule has 2 aromatic rings. The Bertz CT molecular complexity index is 1220. The lowest BCUT2D eigenvalue weighted by molar-refractivity contribution is -0.185. The number of H-pyrrole nitrogens is 1. The van der Waals surface area contributed by atoms with Gasteiger partial charge in [-0.05, 0) is 38.0 Å². The number of hydrogen-bond acceptors (Lipinski definition) is 8. The van der Waals surface area contributed by atoms with Crippen LogP contribution in [0.3, 0.4) is 0 Å². The second-order valence-electron chi connectivity index (χ2n) is 12.6. The van der Waals surface area contributed by atoms with Gasteiger partial charge in [-0.2, -0.15) is 0 Å². The number of hydrogen-bond donors (Lipinski definition) is 6. The number of aromatic nitrogens is 1. The van der Waals surface area contributed by atoms with Crippen molar-refractivity contribution in [1.29, 1.82) is 0 Å². The smallest absolute Gasteiger partial charge is 0.340 e. The highest BCUT2D eigenvalue weighted by atomic mass is 28.4. The standard InChI is InChI=1S/C27H45N5O6Si/c1-16(38-39(8,9)24(2,3)4)27(31-23(34)32(6)7)21(29)20(28)26(36,25(27,5)35)15-37-22(33)18-14-30-19-13-11-10-12-17(18)19/h10-14,16,20-21,30,35-36H,15,28-29H2,1-9H3,(H,31,34)/t16-,20-,21-,25-,26+,27-/m0/s1. The number of aliphatic hydroxyl groups is 2. The van der Waals surface area contributed by atoms with Gasteiger partial charge in [0.05, 0.1) is 23.8 Å². The van der Waals surface area contributed by atoms with Crippen molar-refractivity contribution in [3.8, 4) is 0 Å². The van der Waals surface area contributed by atoms with Crippen molar-refractivity contribution in [3.63, 3.8) is 0 Å². The van der Waals surface area contributed by atoms with E-state index >= 15 is 0 Å². The molecule has 218 valence electrons. The average Bonchev–Trinajstić information content (AvgIpc) is 3.30. The van der Waals surface area contributed by atoms with Crippen molar-refractivity contribution >= 4 is 31.2 Å². The van der Waals surface area contributed by atoms with Crippen molar-refractivity contribution in [2.75, 3.05) is 20.7 Å². The third kappa shape index (κ3) is 4.87. The lowest BCUT2D eigenvalue weighted by atomic mass is 9.73. The van der Waals surface area contributed by atoms with Crippen LogP contribution in [0.15, 0.2) is 30.5 Å². The third-order valence-corrected chi connectivity index (χ3v) is 13.5. The molecule has 8 N–H and O–H groups in total. The van der Waals surface area contributed by atoms with Crippen molar-refractivity contribution in [2.45, 2.75) is 87.7 Å². The fraction of sp³-hybridized carbons (Fsp3) is 0.630. The van der Waals surface area contributed by atoms with Gasteiger partial charge in [-0.15, -0.1) is 0 Å². The van der Waals surface area contributed by atoms with Gasteiger partial charge in [0.25, 0.3) is 0 Å². The van der Waals surface area contributed by atoms with Crippen LogP contribution in [0, 0.1) is 0 Å². The molecule has 6 atom stereocenters. The minimum Gasteiger partial charge on any atom is -0.459 e. The quantitative estimate of drug-likeness (QED) is 0.219. The van der Waals surface area contributed by atoms with Crippen molar-refractivity contribution < 1.29 is 29.0 Å². The Hall–Kier alpha value is -2.48. The Morgan fingerprint density at radius 2 is 1.77 bits per heavy atom. The van der Waals surface area contributed by atoms with Crippen molar-refractivity contribution in [2.24, 2.45) is 11.5 Å². The number of nitrogens with one attached hydrogen (secondary N) is 2. The molecule has 39 heavy (non-hydrogen) atoms. The highest BCUT2D eigenvalue weighted by Gasteiger charge is 2.76. The molecule has 1 aromatic carbocycles. The van der Waals surface area contributed by atoms with Crippen molar-refractivity contribution in [1.82, 2.24) is 15.2 Å². The van der Waals surface area contributed by atoms with E-state index in [-0.39, 0.29) is 10.6 Å². The summed E-state index contributed by atoms with van der Waals surface area (Å²) in [6.45, 7) is 12.7. The Morgan fingerprint density at radius 3 is 2.33 bits per heavy atom. The van der Waals surface area contributed by atoms with Gasteiger partial charge in [0.15, 0.2) is 8.32 Å². The molecule has 3 rings (SSSR count). The molecule has 0 unspecified atom stereocenters. The lowest BCUT2D eigenvalue weighted by Crippen LogP contribution is -2.77. The number of fused-ring (bicyclic) bond motifs is 1. The molecule has 1 heterocycles. The Kier molecular flexibility index (Phi) is 8.09. The monoisotopic (exact) mass is 563 g/mol. The zero-order chi connectivity index (χ0) is 29.8. The summed E-state index contributed by atoms with van der Waals surface area (Å²) in [5.74, 6) is -0.710. The van der Waals surface area contributed by atoms with E-state index in [1.54, 1.807) is 33.2 Å². The molecule has 0 aliphatic heterocycles. The third-order valence-electron chi connectivity index (χ3n) is 8.98. The fourth-order valence-corrected chi connectivity index (χ4v) is 6.72. The second kappa shape index (κ2) is 10.2. The molecule has 0 radical (unpaired) electrons. The average molecular weight is 564 g/mol. The van der Waals surface area contributed by atoms with Crippen LogP contribution in [0.2, 0.25) is 18.1 Å². The molecule has 11 nitrogen and oxygen atoms in total. The summed E-state index contributed by atoms with van der Waals surface area (Å²) < 4.78 is 12.2. The Morgan fingerprint density at radius 1 is 1.18 bits per heavy atom.